The van der Waals surface area contributed by atoms with Gasteiger partial charge in [0.1, 0.15) is 12.6 Å². The average Bonchev–Trinajstić information content (AvgIpc) is 3.36. The Bertz CT molecular complexity index is 736. The molecule has 2 atom stereocenters. The monoisotopic (exact) mass is 396 g/mol. The lowest BCUT2D eigenvalue weighted by atomic mass is 10.1. The third-order valence-electron chi connectivity index (χ3n) is 4.97. The Morgan fingerprint density at radius 1 is 1.03 bits per heavy atom. The summed E-state index contributed by atoms with van der Waals surface area (Å²) in [5, 5.41) is 0. The van der Waals surface area contributed by atoms with Gasteiger partial charge in [-0.1, -0.05) is 81.4 Å². The number of ether oxygens (including phenoxy) is 1. The fraction of sp³-hybridized carbons (Fsp3) is 0.417. The summed E-state index contributed by atoms with van der Waals surface area (Å²) in [5.74, 6) is 0.892. The summed E-state index contributed by atoms with van der Waals surface area (Å²) in [5.41, 5.74) is 2.35. The third kappa shape index (κ3) is 6.71. The van der Waals surface area contributed by atoms with Gasteiger partial charge >= 0.3 is 6.09 Å². The van der Waals surface area contributed by atoms with Gasteiger partial charge in [-0.25, -0.2) is 9.69 Å². The number of nitrogens with zero attached hydrogens (tertiary/aromatic N) is 2. The minimum Gasteiger partial charge on any atom is -0.447 e. The largest absolute Gasteiger partial charge is 0.447 e. The lowest BCUT2D eigenvalue weighted by molar-refractivity contribution is -0.116. The highest BCUT2D eigenvalue weighted by Gasteiger charge is 2.33. The third-order valence-corrected chi connectivity index (χ3v) is 4.97. The van der Waals surface area contributed by atoms with Gasteiger partial charge in [0.25, 0.3) is 0 Å². The molecule has 2 heterocycles. The zero-order valence-corrected chi connectivity index (χ0v) is 17.7. The van der Waals surface area contributed by atoms with E-state index in [1.54, 1.807) is 0 Å². The number of carbonyl (C=O) groups excluding carboxylic acids is 2. The summed E-state index contributed by atoms with van der Waals surface area (Å²) < 4.78 is 4.78. The van der Waals surface area contributed by atoms with Gasteiger partial charge in [0.2, 0.25) is 6.41 Å². The first-order chi connectivity index (χ1) is 14.2. The molecule has 2 aromatic rings. The second-order valence-corrected chi connectivity index (χ2v) is 7.13. The van der Waals surface area contributed by atoms with Crippen LogP contribution in [0.4, 0.5) is 4.79 Å². The van der Waals surface area contributed by atoms with Crippen LogP contribution in [0.25, 0.3) is 0 Å². The Morgan fingerprint density at radius 2 is 1.66 bits per heavy atom. The van der Waals surface area contributed by atoms with Crippen molar-refractivity contribution in [3.8, 4) is 0 Å². The summed E-state index contributed by atoms with van der Waals surface area (Å²) in [6.07, 6.45) is 1.30. The molecule has 2 unspecified atom stereocenters. The summed E-state index contributed by atoms with van der Waals surface area (Å²) in [6, 6.07) is 19.8. The van der Waals surface area contributed by atoms with Gasteiger partial charge in [0, 0.05) is 13.1 Å². The van der Waals surface area contributed by atoms with E-state index in [0.717, 1.165) is 22.9 Å². The molecule has 4 rings (SSSR count). The van der Waals surface area contributed by atoms with E-state index >= 15 is 0 Å². The average molecular weight is 397 g/mol. The lowest BCUT2D eigenvalue weighted by Crippen LogP contribution is -2.25. The van der Waals surface area contributed by atoms with Crippen LogP contribution in [0, 0.1) is 5.92 Å². The van der Waals surface area contributed by atoms with Crippen molar-refractivity contribution in [1.29, 1.82) is 0 Å². The van der Waals surface area contributed by atoms with E-state index in [1.807, 2.05) is 44.2 Å². The van der Waals surface area contributed by atoms with Crippen LogP contribution in [0.1, 0.15) is 44.4 Å². The number of hydrogen-bond acceptors (Lipinski definition) is 4. The molecule has 5 nitrogen and oxygen atoms in total. The topological polar surface area (TPSA) is 49.9 Å². The molecule has 156 valence electrons. The van der Waals surface area contributed by atoms with E-state index in [2.05, 4.69) is 42.2 Å². The van der Waals surface area contributed by atoms with Crippen LogP contribution < -0.4 is 0 Å². The first kappa shape index (κ1) is 22.6. The van der Waals surface area contributed by atoms with Crippen LogP contribution in [0.2, 0.25) is 0 Å². The normalized spacial score (nSPS) is 20.8. The minimum absolute atomic E-state index is 0.238. The Morgan fingerprint density at radius 3 is 2.21 bits per heavy atom. The SMILES string of the molecule is CC.CC1CCN(Cc2ccccc2)C1.O=CN1C(=O)OCC1c1ccccc1. The van der Waals surface area contributed by atoms with Crippen molar-refractivity contribution in [2.45, 2.75) is 39.8 Å². The van der Waals surface area contributed by atoms with E-state index in [-0.39, 0.29) is 12.6 Å². The highest BCUT2D eigenvalue weighted by Crippen LogP contribution is 2.25. The predicted octanol–water partition coefficient (Wildman–Crippen LogP) is 4.89. The van der Waals surface area contributed by atoms with Crippen LogP contribution in [-0.2, 0) is 16.1 Å². The fourth-order valence-corrected chi connectivity index (χ4v) is 3.49. The van der Waals surface area contributed by atoms with Gasteiger partial charge < -0.3 is 4.74 Å². The number of amides is 2. The summed E-state index contributed by atoms with van der Waals surface area (Å²) >= 11 is 0. The van der Waals surface area contributed by atoms with E-state index in [1.165, 1.54) is 25.1 Å². The van der Waals surface area contributed by atoms with Crippen molar-refractivity contribution >= 4 is 12.5 Å². The van der Waals surface area contributed by atoms with Crippen molar-refractivity contribution in [2.75, 3.05) is 19.7 Å². The van der Waals surface area contributed by atoms with Crippen LogP contribution in [0.3, 0.4) is 0 Å². The van der Waals surface area contributed by atoms with E-state index in [9.17, 15) is 9.59 Å². The number of hydrogen-bond donors (Lipinski definition) is 0. The lowest BCUT2D eigenvalue weighted by Gasteiger charge is -2.14. The molecule has 2 saturated heterocycles. The Hall–Kier alpha value is -2.66. The number of cyclic esters (lactones) is 1. The molecule has 0 aliphatic carbocycles. The highest BCUT2D eigenvalue weighted by molar-refractivity contribution is 5.82. The maximum atomic E-state index is 11.1. The minimum atomic E-state index is -0.575. The van der Waals surface area contributed by atoms with Gasteiger partial charge in [-0.3, -0.25) is 9.69 Å². The zero-order valence-electron chi connectivity index (χ0n) is 17.7. The van der Waals surface area contributed by atoms with Crippen LogP contribution in [0.5, 0.6) is 0 Å². The van der Waals surface area contributed by atoms with Crippen molar-refractivity contribution in [1.82, 2.24) is 9.80 Å². The van der Waals surface area contributed by atoms with Gasteiger partial charge in [-0.2, -0.15) is 0 Å². The molecular formula is C24H32N2O3. The fourth-order valence-electron chi connectivity index (χ4n) is 3.49. The molecule has 0 saturated carbocycles. The number of benzene rings is 2. The molecule has 2 aliphatic heterocycles. The molecule has 5 heteroatoms. The highest BCUT2D eigenvalue weighted by atomic mass is 16.6. The van der Waals surface area contributed by atoms with Crippen LogP contribution in [0.15, 0.2) is 60.7 Å². The maximum Gasteiger partial charge on any atom is 0.417 e. The molecule has 29 heavy (non-hydrogen) atoms. The zero-order chi connectivity index (χ0) is 21.1. The molecule has 0 aromatic heterocycles. The second kappa shape index (κ2) is 12.0. The molecule has 2 aromatic carbocycles. The standard InChI is InChI=1S/C12H17N.C10H9NO3.C2H6/c1-11-7-8-13(9-11)10-12-5-3-2-4-6-12;12-7-11-9(6-14-10(11)13)8-4-2-1-3-5-8;1-2/h2-6,11H,7-10H2,1H3;1-5,7,9H,6H2;1-2H3. The molecule has 0 bridgehead atoms. The summed E-state index contributed by atoms with van der Waals surface area (Å²) in [4.78, 5) is 25.3. The molecule has 2 amide bonds. The van der Waals surface area contributed by atoms with E-state index < -0.39 is 6.09 Å². The maximum absolute atomic E-state index is 11.1. The summed E-state index contributed by atoms with van der Waals surface area (Å²) in [6.45, 7) is 10.3. The Kier molecular flexibility index (Phi) is 9.38. The van der Waals surface area contributed by atoms with Gasteiger partial charge in [-0.15, -0.1) is 0 Å². The van der Waals surface area contributed by atoms with Crippen LogP contribution >= 0.6 is 0 Å². The first-order valence-electron chi connectivity index (χ1n) is 10.4. The number of rotatable bonds is 4. The van der Waals surface area contributed by atoms with Crippen molar-refractivity contribution < 1.29 is 14.3 Å². The molecule has 0 N–H and O–H groups in total. The van der Waals surface area contributed by atoms with Gasteiger partial charge in [-0.05, 0) is 30.0 Å². The van der Waals surface area contributed by atoms with Gasteiger partial charge in [0.05, 0.1) is 0 Å². The molecular weight excluding hydrogens is 364 g/mol. The molecule has 2 aliphatic rings. The number of likely N-dealkylation sites (tertiary alicyclic amines) is 1. The van der Waals surface area contributed by atoms with Gasteiger partial charge in [0.15, 0.2) is 0 Å². The first-order valence-corrected chi connectivity index (χ1v) is 10.4. The molecule has 0 spiro atoms. The molecule has 2 fully saturated rings. The second-order valence-electron chi connectivity index (χ2n) is 7.13. The number of imide groups is 1. The quantitative estimate of drug-likeness (QED) is 0.691. The summed E-state index contributed by atoms with van der Waals surface area (Å²) in [7, 11) is 0. The predicted molar refractivity (Wildman–Crippen MR) is 115 cm³/mol. The van der Waals surface area contributed by atoms with E-state index in [4.69, 9.17) is 4.74 Å². The molecule has 0 radical (unpaired) electrons. The van der Waals surface area contributed by atoms with Crippen LogP contribution in [-0.4, -0.2) is 42.0 Å². The Labute approximate surface area is 174 Å². The van der Waals surface area contributed by atoms with Crippen molar-refractivity contribution in [3.63, 3.8) is 0 Å². The number of carbonyl (C=O) groups is 2. The Balaban J connectivity index is 0.000000191. The van der Waals surface area contributed by atoms with Crippen molar-refractivity contribution in [3.05, 3.63) is 71.8 Å². The smallest absolute Gasteiger partial charge is 0.417 e. The van der Waals surface area contributed by atoms with E-state index in [0.29, 0.717) is 6.41 Å². The van der Waals surface area contributed by atoms with Crippen molar-refractivity contribution in [2.24, 2.45) is 5.92 Å².